The lowest BCUT2D eigenvalue weighted by Gasteiger charge is -2.16. The number of rotatable bonds is 3. The molecular weight excluding hydrogens is 520 g/mol. The van der Waals surface area contributed by atoms with E-state index in [4.69, 9.17) is 4.42 Å². The van der Waals surface area contributed by atoms with Crippen molar-refractivity contribution in [2.75, 3.05) is 0 Å². The van der Waals surface area contributed by atoms with Crippen molar-refractivity contribution in [3.8, 4) is 33.4 Å². The van der Waals surface area contributed by atoms with Crippen molar-refractivity contribution >= 4 is 54.3 Å². The van der Waals surface area contributed by atoms with E-state index in [-0.39, 0.29) is 0 Å². The molecule has 0 N–H and O–H groups in total. The zero-order chi connectivity index (χ0) is 28.3. The first-order valence-corrected chi connectivity index (χ1v) is 14.8. The van der Waals surface area contributed by atoms with Gasteiger partial charge < -0.3 is 4.42 Å². The lowest BCUT2D eigenvalue weighted by atomic mass is 9.86. The van der Waals surface area contributed by atoms with E-state index in [1.54, 1.807) is 0 Å². The molecule has 200 valence electrons. The number of hydrogen-bond acceptors (Lipinski definition) is 1. The molecule has 0 unspecified atom stereocenters. The first kappa shape index (κ1) is 24.0. The van der Waals surface area contributed by atoms with E-state index in [2.05, 4.69) is 158 Å². The molecule has 0 aliphatic carbocycles. The van der Waals surface area contributed by atoms with E-state index in [0.29, 0.717) is 0 Å². The Balaban J connectivity index is 1.36. The fraction of sp³-hybridized carbons (Fsp3) is 0. The third-order valence-electron chi connectivity index (χ3n) is 8.87. The zero-order valence-electron chi connectivity index (χ0n) is 23.4. The Labute approximate surface area is 249 Å². The summed E-state index contributed by atoms with van der Waals surface area (Å²) in [4.78, 5) is 0. The largest absolute Gasteiger partial charge is 0.455 e. The molecule has 0 radical (unpaired) electrons. The molecule has 0 amide bonds. The van der Waals surface area contributed by atoms with E-state index in [0.717, 1.165) is 27.5 Å². The van der Waals surface area contributed by atoms with Crippen LogP contribution in [0, 0.1) is 0 Å². The highest BCUT2D eigenvalue weighted by Crippen LogP contribution is 2.48. The summed E-state index contributed by atoms with van der Waals surface area (Å²) in [5.41, 5.74) is 9.04. The summed E-state index contributed by atoms with van der Waals surface area (Å²) in [6, 6.07) is 56.6. The average Bonchev–Trinajstić information content (AvgIpc) is 3.46. The predicted molar refractivity (Wildman–Crippen MR) is 183 cm³/mol. The summed E-state index contributed by atoms with van der Waals surface area (Å²) in [7, 11) is 0. The zero-order valence-corrected chi connectivity index (χ0v) is 23.4. The van der Waals surface area contributed by atoms with Gasteiger partial charge in [0.05, 0.1) is 0 Å². The molecule has 0 aliphatic heterocycles. The molecule has 0 aliphatic rings. The Morgan fingerprint density at radius 2 is 0.814 bits per heavy atom. The molecule has 0 saturated heterocycles. The maximum absolute atomic E-state index is 6.80. The van der Waals surface area contributed by atoms with Gasteiger partial charge in [-0.3, -0.25) is 0 Å². The molecule has 1 heteroatoms. The lowest BCUT2D eigenvalue weighted by molar-refractivity contribution is 0.670. The molecule has 1 aromatic heterocycles. The van der Waals surface area contributed by atoms with Crippen molar-refractivity contribution < 1.29 is 4.42 Å². The summed E-state index contributed by atoms with van der Waals surface area (Å²) >= 11 is 0. The van der Waals surface area contributed by atoms with Crippen LogP contribution in [0.5, 0.6) is 0 Å². The average molecular weight is 547 g/mol. The SMILES string of the molecule is c1ccc2c(-c3ccc(-c4c5ccccc5c(-c5cccc6ccccc56)c5oc6ccccc6c45)cc3)cccc2c1. The molecule has 0 fully saturated rings. The minimum atomic E-state index is 0.905. The van der Waals surface area contributed by atoms with Gasteiger partial charge in [-0.25, -0.2) is 0 Å². The van der Waals surface area contributed by atoms with E-state index in [1.807, 2.05) is 0 Å². The number of fused-ring (bicyclic) bond motifs is 6. The molecule has 43 heavy (non-hydrogen) atoms. The van der Waals surface area contributed by atoms with Crippen molar-refractivity contribution in [3.63, 3.8) is 0 Å². The second kappa shape index (κ2) is 9.44. The van der Waals surface area contributed by atoms with Gasteiger partial charge in [-0.15, -0.1) is 0 Å². The van der Waals surface area contributed by atoms with Crippen molar-refractivity contribution in [3.05, 3.63) is 158 Å². The maximum Gasteiger partial charge on any atom is 0.144 e. The van der Waals surface area contributed by atoms with Crippen LogP contribution in [0.25, 0.3) is 87.6 Å². The Bertz CT molecular complexity index is 2490. The fourth-order valence-electron chi connectivity index (χ4n) is 6.95. The van der Waals surface area contributed by atoms with Gasteiger partial charge in [0, 0.05) is 21.9 Å². The monoisotopic (exact) mass is 546 g/mol. The lowest BCUT2D eigenvalue weighted by Crippen LogP contribution is -1.90. The molecule has 0 saturated carbocycles. The Morgan fingerprint density at radius 3 is 1.51 bits per heavy atom. The van der Waals surface area contributed by atoms with E-state index in [9.17, 15) is 0 Å². The smallest absolute Gasteiger partial charge is 0.144 e. The Morgan fingerprint density at radius 1 is 0.326 bits per heavy atom. The Hall–Kier alpha value is -5.66. The minimum Gasteiger partial charge on any atom is -0.455 e. The topological polar surface area (TPSA) is 13.1 Å². The van der Waals surface area contributed by atoms with Crippen LogP contribution in [0.1, 0.15) is 0 Å². The molecule has 9 aromatic rings. The summed E-state index contributed by atoms with van der Waals surface area (Å²) in [5, 5.41) is 9.69. The molecular formula is C42H26O. The molecule has 0 atom stereocenters. The summed E-state index contributed by atoms with van der Waals surface area (Å²) in [6.45, 7) is 0. The van der Waals surface area contributed by atoms with Gasteiger partial charge in [0.1, 0.15) is 11.2 Å². The van der Waals surface area contributed by atoms with Gasteiger partial charge >= 0.3 is 0 Å². The van der Waals surface area contributed by atoms with Crippen LogP contribution in [0.4, 0.5) is 0 Å². The second-order valence-electron chi connectivity index (χ2n) is 11.2. The highest BCUT2D eigenvalue weighted by Gasteiger charge is 2.23. The van der Waals surface area contributed by atoms with Crippen LogP contribution in [0.15, 0.2) is 162 Å². The van der Waals surface area contributed by atoms with Crippen molar-refractivity contribution in [1.82, 2.24) is 0 Å². The van der Waals surface area contributed by atoms with E-state index < -0.39 is 0 Å². The Kier molecular flexibility index (Phi) is 5.27. The van der Waals surface area contributed by atoms with Crippen LogP contribution in [-0.2, 0) is 0 Å². The van der Waals surface area contributed by atoms with Crippen LogP contribution in [0.2, 0.25) is 0 Å². The molecule has 0 spiro atoms. The van der Waals surface area contributed by atoms with E-state index >= 15 is 0 Å². The molecule has 0 bridgehead atoms. The van der Waals surface area contributed by atoms with Crippen LogP contribution in [-0.4, -0.2) is 0 Å². The minimum absolute atomic E-state index is 0.905. The van der Waals surface area contributed by atoms with Crippen LogP contribution >= 0.6 is 0 Å². The third-order valence-corrected chi connectivity index (χ3v) is 8.87. The van der Waals surface area contributed by atoms with Gasteiger partial charge in [0.2, 0.25) is 0 Å². The van der Waals surface area contributed by atoms with Gasteiger partial charge in [0.15, 0.2) is 0 Å². The number of hydrogen-bond donors (Lipinski definition) is 0. The van der Waals surface area contributed by atoms with Crippen molar-refractivity contribution in [2.45, 2.75) is 0 Å². The molecule has 8 aromatic carbocycles. The maximum atomic E-state index is 6.80. The number of benzene rings is 8. The molecule has 1 heterocycles. The summed E-state index contributed by atoms with van der Waals surface area (Å²) in [6.07, 6.45) is 0. The third kappa shape index (κ3) is 3.65. The second-order valence-corrected chi connectivity index (χ2v) is 11.2. The van der Waals surface area contributed by atoms with Gasteiger partial charge in [-0.1, -0.05) is 152 Å². The predicted octanol–water partition coefficient (Wildman–Crippen LogP) is 12.0. The standard InChI is InChI=1S/C42H26O/c1-3-15-31-27(11-1)13-9-20-32(31)29-23-25-30(26-24-29)39-35-17-5-6-18-36(35)40(34-21-10-14-28-12-2-4-16-33(28)34)42-41(39)37-19-7-8-22-38(37)43-42/h1-26H. The van der Waals surface area contributed by atoms with Gasteiger partial charge in [0.25, 0.3) is 0 Å². The molecule has 9 rings (SSSR count). The summed E-state index contributed by atoms with van der Waals surface area (Å²) < 4.78 is 6.80. The van der Waals surface area contributed by atoms with Crippen LogP contribution in [0.3, 0.4) is 0 Å². The highest BCUT2D eigenvalue weighted by molar-refractivity contribution is 6.28. The highest BCUT2D eigenvalue weighted by atomic mass is 16.3. The van der Waals surface area contributed by atoms with Gasteiger partial charge in [-0.2, -0.15) is 0 Å². The summed E-state index contributed by atoms with van der Waals surface area (Å²) in [5.74, 6) is 0. The van der Waals surface area contributed by atoms with Crippen molar-refractivity contribution in [2.24, 2.45) is 0 Å². The van der Waals surface area contributed by atoms with E-state index in [1.165, 1.54) is 60.1 Å². The quantitative estimate of drug-likeness (QED) is 0.215. The van der Waals surface area contributed by atoms with Gasteiger partial charge in [-0.05, 0) is 60.6 Å². The molecule has 1 nitrogen and oxygen atoms in total. The number of para-hydroxylation sites is 1. The first-order valence-electron chi connectivity index (χ1n) is 14.8. The first-order chi connectivity index (χ1) is 21.3. The van der Waals surface area contributed by atoms with Crippen LogP contribution < -0.4 is 0 Å². The normalized spacial score (nSPS) is 11.7. The van der Waals surface area contributed by atoms with Crippen molar-refractivity contribution in [1.29, 1.82) is 0 Å². The number of furan rings is 1. The fourth-order valence-corrected chi connectivity index (χ4v) is 6.95.